The van der Waals surface area contributed by atoms with Gasteiger partial charge in [-0.05, 0) is 12.5 Å². The van der Waals surface area contributed by atoms with E-state index in [0.29, 0.717) is 19.8 Å². The molecule has 0 atom stereocenters. The maximum absolute atomic E-state index is 11.7. The summed E-state index contributed by atoms with van der Waals surface area (Å²) in [7, 11) is 0.106. The number of nitrogens with zero attached hydrogens (tertiary/aromatic N) is 3. The Hall–Kier alpha value is -1.26. The van der Waals surface area contributed by atoms with Gasteiger partial charge in [-0.15, -0.1) is 0 Å². The van der Waals surface area contributed by atoms with E-state index in [2.05, 4.69) is 15.2 Å². The lowest BCUT2D eigenvalue weighted by Crippen LogP contribution is -2.40. The van der Waals surface area contributed by atoms with E-state index in [4.69, 9.17) is 13.6 Å². The summed E-state index contributed by atoms with van der Waals surface area (Å²) in [6, 6.07) is 0.750. The molecule has 0 bridgehead atoms. The van der Waals surface area contributed by atoms with E-state index in [9.17, 15) is 4.79 Å². The van der Waals surface area contributed by atoms with E-state index in [-0.39, 0.29) is 6.03 Å². The van der Waals surface area contributed by atoms with E-state index >= 15 is 0 Å². The second-order valence-corrected chi connectivity index (χ2v) is 7.45. The molecule has 1 aliphatic rings. The van der Waals surface area contributed by atoms with Gasteiger partial charge >= 0.3 is 15.3 Å². The van der Waals surface area contributed by atoms with Gasteiger partial charge in [0.25, 0.3) is 0 Å². The summed E-state index contributed by atoms with van der Waals surface area (Å²) in [5.41, 5.74) is 0. The summed E-state index contributed by atoms with van der Waals surface area (Å²) in [6.45, 7) is 5.53. The van der Waals surface area contributed by atoms with Crippen molar-refractivity contribution >= 4 is 15.3 Å². The SMILES string of the molecule is COCCN1CCO[SiH](CCCNC(=O)n2ccnc2)OCC1. The van der Waals surface area contributed by atoms with Crippen LogP contribution >= 0.6 is 0 Å². The molecule has 1 saturated heterocycles. The quantitative estimate of drug-likeness (QED) is 0.557. The molecule has 2 rings (SSSR count). The van der Waals surface area contributed by atoms with Crippen molar-refractivity contribution < 1.29 is 18.4 Å². The first-order valence-corrected chi connectivity index (χ1v) is 9.76. The Labute approximate surface area is 138 Å². The smallest absolute Gasteiger partial charge is 0.326 e. The van der Waals surface area contributed by atoms with Crippen molar-refractivity contribution in [1.29, 1.82) is 0 Å². The lowest BCUT2D eigenvalue weighted by atomic mass is 10.4. The topological polar surface area (TPSA) is 77.9 Å². The average Bonchev–Trinajstić information content (AvgIpc) is 3.06. The van der Waals surface area contributed by atoms with Crippen molar-refractivity contribution in [2.45, 2.75) is 12.5 Å². The van der Waals surface area contributed by atoms with Gasteiger partial charge in [0, 0.05) is 58.9 Å². The van der Waals surface area contributed by atoms with Gasteiger partial charge < -0.3 is 18.9 Å². The van der Waals surface area contributed by atoms with E-state index in [1.807, 2.05) is 0 Å². The summed E-state index contributed by atoms with van der Waals surface area (Å²) >= 11 is 0. The lowest BCUT2D eigenvalue weighted by Gasteiger charge is -2.27. The Bertz CT molecular complexity index is 436. The Morgan fingerprint density at radius 2 is 2.17 bits per heavy atom. The van der Waals surface area contributed by atoms with E-state index in [1.165, 1.54) is 10.9 Å². The molecular weight excluding hydrogens is 316 g/mol. The number of hydrogen-bond donors (Lipinski definition) is 1. The number of carbonyl (C=O) groups is 1. The Morgan fingerprint density at radius 1 is 1.39 bits per heavy atom. The van der Waals surface area contributed by atoms with E-state index in [0.717, 1.165) is 38.7 Å². The Kier molecular flexibility index (Phi) is 8.25. The normalized spacial score (nSPS) is 17.6. The van der Waals surface area contributed by atoms with Gasteiger partial charge in [-0.2, -0.15) is 0 Å². The van der Waals surface area contributed by atoms with Crippen LogP contribution in [0.25, 0.3) is 0 Å². The van der Waals surface area contributed by atoms with Gasteiger partial charge in [0.2, 0.25) is 0 Å². The van der Waals surface area contributed by atoms with Crippen molar-refractivity contribution in [3.8, 4) is 0 Å². The highest BCUT2D eigenvalue weighted by Gasteiger charge is 2.18. The highest BCUT2D eigenvalue weighted by atomic mass is 28.3. The van der Waals surface area contributed by atoms with Crippen LogP contribution in [0.3, 0.4) is 0 Å². The second kappa shape index (κ2) is 10.5. The van der Waals surface area contributed by atoms with Gasteiger partial charge in [-0.1, -0.05) is 0 Å². The lowest BCUT2D eigenvalue weighted by molar-refractivity contribution is 0.0871. The molecule has 1 aromatic heterocycles. The minimum atomic E-state index is -1.61. The number of carbonyl (C=O) groups excluding carboxylic acids is 1. The number of nitrogens with one attached hydrogen (secondary N) is 1. The third kappa shape index (κ3) is 6.79. The molecule has 130 valence electrons. The van der Waals surface area contributed by atoms with Crippen LogP contribution < -0.4 is 5.32 Å². The van der Waals surface area contributed by atoms with Gasteiger partial charge in [-0.3, -0.25) is 9.47 Å². The monoisotopic (exact) mass is 342 g/mol. The van der Waals surface area contributed by atoms with Gasteiger partial charge in [0.15, 0.2) is 0 Å². The van der Waals surface area contributed by atoms with E-state index in [1.54, 1.807) is 19.5 Å². The number of ether oxygens (including phenoxy) is 1. The van der Waals surface area contributed by atoms with Crippen LogP contribution in [0.2, 0.25) is 6.04 Å². The zero-order chi connectivity index (χ0) is 16.3. The highest BCUT2D eigenvalue weighted by molar-refractivity contribution is 6.44. The van der Waals surface area contributed by atoms with Crippen molar-refractivity contribution in [2.24, 2.45) is 0 Å². The first-order valence-electron chi connectivity index (χ1n) is 8.00. The molecule has 0 radical (unpaired) electrons. The van der Waals surface area contributed by atoms with Gasteiger partial charge in [0.05, 0.1) is 6.61 Å². The van der Waals surface area contributed by atoms with Gasteiger partial charge in [-0.25, -0.2) is 9.78 Å². The molecule has 0 aromatic carbocycles. The van der Waals surface area contributed by atoms with Crippen molar-refractivity contribution in [2.75, 3.05) is 53.1 Å². The largest absolute Gasteiger partial charge is 0.395 e. The molecule has 2 heterocycles. The van der Waals surface area contributed by atoms with Crippen molar-refractivity contribution in [1.82, 2.24) is 19.8 Å². The molecular formula is C14H26N4O4Si. The molecule has 0 saturated carbocycles. The Morgan fingerprint density at radius 3 is 2.83 bits per heavy atom. The van der Waals surface area contributed by atoms with Crippen LogP contribution in [-0.2, 0) is 13.6 Å². The fourth-order valence-electron chi connectivity index (χ4n) is 2.33. The molecule has 1 fully saturated rings. The van der Waals surface area contributed by atoms with Crippen LogP contribution in [0.4, 0.5) is 4.79 Å². The maximum Gasteiger partial charge on any atom is 0.326 e. The fraction of sp³-hybridized carbons (Fsp3) is 0.714. The zero-order valence-electron chi connectivity index (χ0n) is 13.6. The summed E-state index contributed by atoms with van der Waals surface area (Å²) in [4.78, 5) is 17.9. The highest BCUT2D eigenvalue weighted by Crippen LogP contribution is 2.05. The van der Waals surface area contributed by atoms with Crippen LogP contribution in [-0.4, -0.2) is 82.9 Å². The molecule has 1 aliphatic heterocycles. The zero-order valence-corrected chi connectivity index (χ0v) is 14.8. The molecule has 23 heavy (non-hydrogen) atoms. The second-order valence-electron chi connectivity index (χ2n) is 5.35. The predicted molar refractivity (Wildman–Crippen MR) is 87.8 cm³/mol. The molecule has 1 N–H and O–H groups in total. The first-order chi connectivity index (χ1) is 11.3. The first kappa shape index (κ1) is 18.1. The third-order valence-corrected chi connectivity index (χ3v) is 5.76. The standard InChI is InChI=1S/C14H26N4O4Si/c1-20-9-6-17-7-10-21-23(22-11-8-17)12-2-3-16-14(19)18-5-4-15-13-18/h4-5,13,23H,2-3,6-12H2,1H3,(H,16,19). The molecule has 0 unspecified atom stereocenters. The summed E-state index contributed by atoms with van der Waals surface area (Å²) < 4.78 is 18.3. The number of amides is 1. The molecule has 8 nitrogen and oxygen atoms in total. The van der Waals surface area contributed by atoms with Crippen molar-refractivity contribution in [3.63, 3.8) is 0 Å². The van der Waals surface area contributed by atoms with Crippen LogP contribution in [0.5, 0.6) is 0 Å². The number of rotatable bonds is 7. The number of hydrogen-bond acceptors (Lipinski definition) is 6. The summed E-state index contributed by atoms with van der Waals surface area (Å²) in [5, 5.41) is 2.86. The molecule has 9 heteroatoms. The van der Waals surface area contributed by atoms with E-state index < -0.39 is 9.28 Å². The Balaban J connectivity index is 1.57. The fourth-order valence-corrected chi connectivity index (χ4v) is 4.04. The third-order valence-electron chi connectivity index (χ3n) is 3.67. The molecule has 1 amide bonds. The number of imidazole rings is 1. The predicted octanol–water partition coefficient (Wildman–Crippen LogP) is 0.0466. The number of aromatic nitrogens is 2. The molecule has 0 aliphatic carbocycles. The number of methoxy groups -OCH3 is 1. The molecule has 0 spiro atoms. The molecule has 1 aromatic rings. The van der Waals surface area contributed by atoms with Crippen LogP contribution in [0, 0.1) is 0 Å². The van der Waals surface area contributed by atoms with Crippen LogP contribution in [0.1, 0.15) is 6.42 Å². The minimum Gasteiger partial charge on any atom is -0.395 e. The van der Waals surface area contributed by atoms with Crippen molar-refractivity contribution in [3.05, 3.63) is 18.7 Å². The minimum absolute atomic E-state index is 0.155. The summed E-state index contributed by atoms with van der Waals surface area (Å²) in [6.07, 6.45) is 5.56. The van der Waals surface area contributed by atoms with Gasteiger partial charge in [0.1, 0.15) is 6.33 Å². The maximum atomic E-state index is 11.7. The van der Waals surface area contributed by atoms with Crippen LogP contribution in [0.15, 0.2) is 18.7 Å². The summed E-state index contributed by atoms with van der Waals surface area (Å²) in [5.74, 6) is 0. The average molecular weight is 342 g/mol.